The normalized spacial score (nSPS) is 11.3. The summed E-state index contributed by atoms with van der Waals surface area (Å²) in [6, 6.07) is 6.94. The molecular formula is C14H16N2O6S. The monoisotopic (exact) mass is 340 g/mol. The lowest BCUT2D eigenvalue weighted by Crippen LogP contribution is -2.25. The van der Waals surface area contributed by atoms with Crippen molar-refractivity contribution in [2.45, 2.75) is 11.4 Å². The maximum atomic E-state index is 12.4. The van der Waals surface area contributed by atoms with Crippen LogP contribution in [-0.4, -0.2) is 37.8 Å². The average molecular weight is 340 g/mol. The Hall–Kier alpha value is -2.36. The van der Waals surface area contributed by atoms with Crippen LogP contribution in [0.3, 0.4) is 0 Å². The molecule has 0 amide bonds. The summed E-state index contributed by atoms with van der Waals surface area (Å²) in [5, 5.41) is 20.6. The first-order chi connectivity index (χ1) is 10.9. The van der Waals surface area contributed by atoms with Gasteiger partial charge >= 0.3 is 5.97 Å². The van der Waals surface area contributed by atoms with Crippen molar-refractivity contribution in [3.05, 3.63) is 47.9 Å². The SMILES string of the molecule is O=C(O)c1ccc(NCCO)c(S(=O)(=O)NCc2ccco2)c1. The molecule has 2 rings (SSSR count). The van der Waals surface area contributed by atoms with Crippen molar-refractivity contribution in [1.82, 2.24) is 4.72 Å². The highest BCUT2D eigenvalue weighted by Crippen LogP contribution is 2.23. The smallest absolute Gasteiger partial charge is 0.335 e. The molecule has 0 radical (unpaired) electrons. The number of nitrogens with one attached hydrogen (secondary N) is 2. The Bertz CT molecular complexity index is 771. The van der Waals surface area contributed by atoms with Crippen molar-refractivity contribution >= 4 is 21.7 Å². The standard InChI is InChI=1S/C14H16N2O6S/c17-6-5-15-12-4-3-10(14(18)19)8-13(12)23(20,21)16-9-11-2-1-7-22-11/h1-4,7-8,15-17H,5-6,9H2,(H,18,19). The zero-order chi connectivity index (χ0) is 16.9. The molecule has 4 N–H and O–H groups in total. The molecule has 0 saturated heterocycles. The van der Waals surface area contributed by atoms with Gasteiger partial charge in [0.15, 0.2) is 0 Å². The molecule has 0 spiro atoms. The minimum atomic E-state index is -3.97. The van der Waals surface area contributed by atoms with Crippen LogP contribution in [0.1, 0.15) is 16.1 Å². The molecule has 8 nitrogen and oxygen atoms in total. The number of aliphatic hydroxyl groups excluding tert-OH is 1. The fourth-order valence-electron chi connectivity index (χ4n) is 1.87. The first-order valence-electron chi connectivity index (χ1n) is 6.68. The minimum absolute atomic E-state index is 0.0634. The molecule has 9 heteroatoms. The van der Waals surface area contributed by atoms with Crippen molar-refractivity contribution in [3.63, 3.8) is 0 Å². The third kappa shape index (κ3) is 4.31. The van der Waals surface area contributed by atoms with Crippen LogP contribution in [-0.2, 0) is 16.6 Å². The van der Waals surface area contributed by atoms with E-state index in [-0.39, 0.29) is 35.8 Å². The van der Waals surface area contributed by atoms with Crippen LogP contribution in [0.5, 0.6) is 0 Å². The van der Waals surface area contributed by atoms with E-state index in [9.17, 15) is 13.2 Å². The largest absolute Gasteiger partial charge is 0.478 e. The van der Waals surface area contributed by atoms with E-state index in [1.54, 1.807) is 12.1 Å². The van der Waals surface area contributed by atoms with Gasteiger partial charge in [0.1, 0.15) is 10.7 Å². The minimum Gasteiger partial charge on any atom is -0.478 e. The molecule has 0 fully saturated rings. The number of hydrogen-bond donors (Lipinski definition) is 4. The summed E-state index contributed by atoms with van der Waals surface area (Å²) in [5.41, 5.74) is 0.0499. The van der Waals surface area contributed by atoms with Crippen molar-refractivity contribution in [2.75, 3.05) is 18.5 Å². The average Bonchev–Trinajstić information content (AvgIpc) is 3.04. The second-order valence-electron chi connectivity index (χ2n) is 4.57. The predicted octanol–water partition coefficient (Wildman–Crippen LogP) is 0.860. The van der Waals surface area contributed by atoms with Crippen LogP contribution in [0.2, 0.25) is 0 Å². The molecule has 1 aromatic heterocycles. The number of rotatable bonds is 8. The van der Waals surface area contributed by atoms with E-state index < -0.39 is 16.0 Å². The Morgan fingerprint density at radius 2 is 2.04 bits per heavy atom. The third-order valence-electron chi connectivity index (χ3n) is 2.96. The Morgan fingerprint density at radius 1 is 1.26 bits per heavy atom. The van der Waals surface area contributed by atoms with E-state index in [0.29, 0.717) is 5.76 Å². The number of sulfonamides is 1. The highest BCUT2D eigenvalue weighted by Gasteiger charge is 2.21. The van der Waals surface area contributed by atoms with E-state index >= 15 is 0 Å². The summed E-state index contributed by atoms with van der Waals surface area (Å²) in [6.07, 6.45) is 1.42. The van der Waals surface area contributed by atoms with Crippen LogP contribution in [0, 0.1) is 0 Å². The van der Waals surface area contributed by atoms with Gasteiger partial charge in [0.2, 0.25) is 10.0 Å². The molecule has 0 unspecified atom stereocenters. The van der Waals surface area contributed by atoms with Gasteiger partial charge in [-0.05, 0) is 30.3 Å². The summed E-state index contributed by atoms with van der Waals surface area (Å²) >= 11 is 0. The van der Waals surface area contributed by atoms with E-state index in [1.807, 2.05) is 0 Å². The molecule has 2 aromatic rings. The quantitative estimate of drug-likeness (QED) is 0.561. The van der Waals surface area contributed by atoms with Crippen molar-refractivity contribution in [3.8, 4) is 0 Å². The maximum absolute atomic E-state index is 12.4. The molecule has 1 heterocycles. The zero-order valence-corrected chi connectivity index (χ0v) is 12.8. The molecule has 1 aromatic carbocycles. The zero-order valence-electron chi connectivity index (χ0n) is 12.0. The Labute approximate surface area is 132 Å². The number of aromatic carboxylic acids is 1. The lowest BCUT2D eigenvalue weighted by molar-refractivity contribution is 0.0696. The topological polar surface area (TPSA) is 129 Å². The number of furan rings is 1. The number of hydrogen-bond acceptors (Lipinski definition) is 6. The summed E-state index contributed by atoms with van der Waals surface area (Å²) in [6.45, 7) is -0.126. The van der Waals surface area contributed by atoms with E-state index in [0.717, 1.165) is 6.07 Å². The van der Waals surface area contributed by atoms with Gasteiger partial charge in [0.05, 0.1) is 30.7 Å². The summed E-state index contributed by atoms with van der Waals surface area (Å²) in [5.74, 6) is -0.811. The summed E-state index contributed by atoms with van der Waals surface area (Å²) in [4.78, 5) is 10.8. The van der Waals surface area contributed by atoms with Gasteiger partial charge in [0.25, 0.3) is 0 Å². The number of carboxylic acid groups (broad SMARTS) is 1. The lowest BCUT2D eigenvalue weighted by Gasteiger charge is -2.13. The number of carboxylic acids is 1. The molecule has 0 atom stereocenters. The summed E-state index contributed by atoms with van der Waals surface area (Å²) in [7, 11) is -3.97. The molecule has 0 aliphatic heterocycles. The van der Waals surface area contributed by atoms with Gasteiger partial charge in [-0.15, -0.1) is 0 Å². The van der Waals surface area contributed by atoms with E-state index in [4.69, 9.17) is 14.6 Å². The molecule has 0 bridgehead atoms. The first kappa shape index (κ1) is 17.0. The fraction of sp³-hybridized carbons (Fsp3) is 0.214. The number of carbonyl (C=O) groups is 1. The van der Waals surface area contributed by atoms with Gasteiger partial charge in [-0.1, -0.05) is 0 Å². The van der Waals surface area contributed by atoms with Gasteiger partial charge in [-0.25, -0.2) is 17.9 Å². The van der Waals surface area contributed by atoms with Crippen LogP contribution in [0.25, 0.3) is 0 Å². The summed E-state index contributed by atoms with van der Waals surface area (Å²) < 4.78 is 32.3. The van der Waals surface area contributed by atoms with Crippen LogP contribution >= 0.6 is 0 Å². The molecule has 23 heavy (non-hydrogen) atoms. The Kier molecular flexibility index (Phi) is 5.37. The highest BCUT2D eigenvalue weighted by atomic mass is 32.2. The fourth-order valence-corrected chi connectivity index (χ4v) is 3.07. The second kappa shape index (κ2) is 7.27. The van der Waals surface area contributed by atoms with Crippen LogP contribution in [0.4, 0.5) is 5.69 Å². The van der Waals surface area contributed by atoms with Crippen molar-refractivity contribution < 1.29 is 27.8 Å². The molecule has 0 saturated carbocycles. The van der Waals surface area contributed by atoms with Crippen molar-refractivity contribution in [2.24, 2.45) is 0 Å². The number of aliphatic hydroxyl groups is 1. The Morgan fingerprint density at radius 3 is 2.65 bits per heavy atom. The van der Waals surface area contributed by atoms with Crippen LogP contribution in [0.15, 0.2) is 45.9 Å². The van der Waals surface area contributed by atoms with Gasteiger partial charge in [-0.2, -0.15) is 0 Å². The number of anilines is 1. The third-order valence-corrected chi connectivity index (χ3v) is 4.40. The molecular weight excluding hydrogens is 324 g/mol. The van der Waals surface area contributed by atoms with Gasteiger partial charge in [-0.3, -0.25) is 0 Å². The van der Waals surface area contributed by atoms with E-state index in [2.05, 4.69) is 10.0 Å². The van der Waals surface area contributed by atoms with Crippen molar-refractivity contribution in [1.29, 1.82) is 0 Å². The van der Waals surface area contributed by atoms with Gasteiger partial charge < -0.3 is 19.9 Å². The highest BCUT2D eigenvalue weighted by molar-refractivity contribution is 7.89. The molecule has 124 valence electrons. The molecule has 0 aliphatic rings. The molecule has 0 aliphatic carbocycles. The second-order valence-corrected chi connectivity index (χ2v) is 6.31. The Balaban J connectivity index is 2.32. The van der Waals surface area contributed by atoms with Crippen LogP contribution < -0.4 is 10.0 Å². The number of benzene rings is 1. The van der Waals surface area contributed by atoms with Gasteiger partial charge in [0, 0.05) is 6.54 Å². The van der Waals surface area contributed by atoms with E-state index in [1.165, 1.54) is 18.4 Å². The lowest BCUT2D eigenvalue weighted by atomic mass is 10.2. The maximum Gasteiger partial charge on any atom is 0.335 e. The first-order valence-corrected chi connectivity index (χ1v) is 8.16. The predicted molar refractivity (Wildman–Crippen MR) is 81.7 cm³/mol.